The predicted octanol–water partition coefficient (Wildman–Crippen LogP) is 4.07. The summed E-state index contributed by atoms with van der Waals surface area (Å²) in [6, 6.07) is 12.0. The summed E-state index contributed by atoms with van der Waals surface area (Å²) in [5.41, 5.74) is 3.33. The molecule has 2 aromatic carbocycles. The fourth-order valence-electron chi connectivity index (χ4n) is 2.65. The molecule has 1 heterocycles. The number of anilines is 1. The number of benzene rings is 2. The van der Waals surface area contributed by atoms with Gasteiger partial charge in [-0.25, -0.2) is 0 Å². The monoisotopic (exact) mass is 289 g/mol. The number of hydrogen-bond acceptors (Lipinski definition) is 3. The molecule has 0 saturated carbocycles. The van der Waals surface area contributed by atoms with Crippen molar-refractivity contribution in [1.29, 1.82) is 0 Å². The molecular formula is C16H16ClNO2. The number of halogens is 1. The van der Waals surface area contributed by atoms with Crippen LogP contribution < -0.4 is 14.8 Å². The zero-order valence-electron chi connectivity index (χ0n) is 11.4. The molecule has 2 aromatic rings. The van der Waals surface area contributed by atoms with Crippen molar-refractivity contribution in [3.8, 4) is 11.5 Å². The molecule has 104 valence electrons. The van der Waals surface area contributed by atoms with Crippen LogP contribution in [0, 0.1) is 0 Å². The van der Waals surface area contributed by atoms with Crippen LogP contribution >= 0.6 is 11.6 Å². The number of methoxy groups -OCH3 is 2. The molecular weight excluding hydrogens is 274 g/mol. The molecule has 0 aliphatic carbocycles. The molecule has 20 heavy (non-hydrogen) atoms. The zero-order chi connectivity index (χ0) is 14.1. The van der Waals surface area contributed by atoms with Gasteiger partial charge in [0.15, 0.2) is 0 Å². The first-order chi connectivity index (χ1) is 9.72. The summed E-state index contributed by atoms with van der Waals surface area (Å²) in [5.74, 6) is 1.68. The predicted molar refractivity (Wildman–Crippen MR) is 81.1 cm³/mol. The van der Waals surface area contributed by atoms with E-state index in [0.29, 0.717) is 0 Å². The summed E-state index contributed by atoms with van der Waals surface area (Å²) in [7, 11) is 3.35. The zero-order valence-corrected chi connectivity index (χ0v) is 12.2. The summed E-state index contributed by atoms with van der Waals surface area (Å²) >= 11 is 6.24. The van der Waals surface area contributed by atoms with E-state index in [1.807, 2.05) is 30.3 Å². The first-order valence-electron chi connectivity index (χ1n) is 6.48. The van der Waals surface area contributed by atoms with Gasteiger partial charge in [-0.15, -0.1) is 0 Å². The molecule has 0 saturated heterocycles. The van der Waals surface area contributed by atoms with Crippen molar-refractivity contribution in [3.05, 3.63) is 52.5 Å². The highest BCUT2D eigenvalue weighted by Crippen LogP contribution is 2.41. The molecule has 4 heteroatoms. The number of ether oxygens (including phenoxy) is 2. The van der Waals surface area contributed by atoms with E-state index < -0.39 is 0 Å². The van der Waals surface area contributed by atoms with E-state index in [2.05, 4.69) is 11.4 Å². The van der Waals surface area contributed by atoms with Gasteiger partial charge < -0.3 is 14.8 Å². The SMILES string of the molecule is COc1ccc(OC)c(C2Cc3cccc(Cl)c3N2)c1. The molecule has 1 atom stereocenters. The first-order valence-corrected chi connectivity index (χ1v) is 6.86. The molecule has 0 spiro atoms. The van der Waals surface area contributed by atoms with Gasteiger partial charge in [0.1, 0.15) is 11.5 Å². The third-order valence-electron chi connectivity index (χ3n) is 3.65. The minimum absolute atomic E-state index is 0.148. The van der Waals surface area contributed by atoms with E-state index in [9.17, 15) is 0 Å². The van der Waals surface area contributed by atoms with Crippen LogP contribution in [-0.2, 0) is 6.42 Å². The van der Waals surface area contributed by atoms with E-state index >= 15 is 0 Å². The summed E-state index contributed by atoms with van der Waals surface area (Å²) in [5, 5.41) is 4.23. The van der Waals surface area contributed by atoms with Crippen molar-refractivity contribution < 1.29 is 9.47 Å². The van der Waals surface area contributed by atoms with Gasteiger partial charge in [-0.3, -0.25) is 0 Å². The van der Waals surface area contributed by atoms with Crippen molar-refractivity contribution in [1.82, 2.24) is 0 Å². The van der Waals surface area contributed by atoms with Gasteiger partial charge in [-0.1, -0.05) is 23.7 Å². The van der Waals surface area contributed by atoms with Crippen LogP contribution in [0.4, 0.5) is 5.69 Å². The minimum atomic E-state index is 0.148. The van der Waals surface area contributed by atoms with Gasteiger partial charge in [0, 0.05) is 5.56 Å². The average molecular weight is 290 g/mol. The van der Waals surface area contributed by atoms with Gasteiger partial charge in [0.25, 0.3) is 0 Å². The van der Waals surface area contributed by atoms with Crippen molar-refractivity contribution in [2.24, 2.45) is 0 Å². The lowest BCUT2D eigenvalue weighted by atomic mass is 10.0. The largest absolute Gasteiger partial charge is 0.497 e. The Labute approximate surface area is 123 Å². The maximum atomic E-state index is 6.24. The highest BCUT2D eigenvalue weighted by atomic mass is 35.5. The molecule has 1 unspecified atom stereocenters. The third kappa shape index (κ3) is 2.18. The van der Waals surface area contributed by atoms with Gasteiger partial charge in [0.2, 0.25) is 0 Å². The molecule has 0 amide bonds. The smallest absolute Gasteiger partial charge is 0.124 e. The molecule has 0 bridgehead atoms. The Morgan fingerprint density at radius 1 is 1.15 bits per heavy atom. The summed E-state index contributed by atoms with van der Waals surface area (Å²) in [6.07, 6.45) is 0.888. The van der Waals surface area contributed by atoms with E-state index in [4.69, 9.17) is 21.1 Å². The summed E-state index contributed by atoms with van der Waals surface area (Å²) in [4.78, 5) is 0. The van der Waals surface area contributed by atoms with Crippen LogP contribution in [0.5, 0.6) is 11.5 Å². The number of hydrogen-bond donors (Lipinski definition) is 1. The number of para-hydroxylation sites is 1. The summed E-state index contributed by atoms with van der Waals surface area (Å²) < 4.78 is 10.8. The maximum Gasteiger partial charge on any atom is 0.124 e. The highest BCUT2D eigenvalue weighted by molar-refractivity contribution is 6.33. The molecule has 0 fully saturated rings. The molecule has 0 radical (unpaired) electrons. The van der Waals surface area contributed by atoms with Crippen LogP contribution in [-0.4, -0.2) is 14.2 Å². The van der Waals surface area contributed by atoms with E-state index in [-0.39, 0.29) is 6.04 Å². The third-order valence-corrected chi connectivity index (χ3v) is 3.97. The van der Waals surface area contributed by atoms with Crippen molar-refractivity contribution >= 4 is 17.3 Å². The van der Waals surface area contributed by atoms with Crippen LogP contribution in [0.15, 0.2) is 36.4 Å². The summed E-state index contributed by atoms with van der Waals surface area (Å²) in [6.45, 7) is 0. The topological polar surface area (TPSA) is 30.5 Å². The highest BCUT2D eigenvalue weighted by Gasteiger charge is 2.26. The molecule has 1 N–H and O–H groups in total. The Balaban J connectivity index is 1.98. The molecule has 0 aromatic heterocycles. The standard InChI is InChI=1S/C16H16ClNO2/c1-19-11-6-7-15(20-2)12(9-11)14-8-10-4-3-5-13(17)16(10)18-14/h3-7,9,14,18H,8H2,1-2H3. The lowest BCUT2D eigenvalue weighted by Gasteiger charge is -2.17. The second-order valence-electron chi connectivity index (χ2n) is 4.78. The second-order valence-corrected chi connectivity index (χ2v) is 5.19. The Bertz CT molecular complexity index is 642. The van der Waals surface area contributed by atoms with Crippen LogP contribution in [0.25, 0.3) is 0 Å². The van der Waals surface area contributed by atoms with Crippen molar-refractivity contribution in [2.45, 2.75) is 12.5 Å². The minimum Gasteiger partial charge on any atom is -0.497 e. The van der Waals surface area contributed by atoms with Crippen LogP contribution in [0.2, 0.25) is 5.02 Å². The van der Waals surface area contributed by atoms with Gasteiger partial charge in [-0.05, 0) is 36.2 Å². The van der Waals surface area contributed by atoms with Crippen molar-refractivity contribution in [3.63, 3.8) is 0 Å². The second kappa shape index (κ2) is 5.25. The Kier molecular flexibility index (Phi) is 3.45. The lowest BCUT2D eigenvalue weighted by Crippen LogP contribution is -2.08. The quantitative estimate of drug-likeness (QED) is 0.924. The van der Waals surface area contributed by atoms with Crippen LogP contribution in [0.1, 0.15) is 17.2 Å². The van der Waals surface area contributed by atoms with Gasteiger partial charge in [0.05, 0.1) is 31.0 Å². The fourth-order valence-corrected chi connectivity index (χ4v) is 2.89. The van der Waals surface area contributed by atoms with Crippen molar-refractivity contribution in [2.75, 3.05) is 19.5 Å². The lowest BCUT2D eigenvalue weighted by molar-refractivity contribution is 0.396. The van der Waals surface area contributed by atoms with Gasteiger partial charge in [-0.2, -0.15) is 0 Å². The molecule has 1 aliphatic heterocycles. The maximum absolute atomic E-state index is 6.24. The number of nitrogens with one attached hydrogen (secondary N) is 1. The van der Waals surface area contributed by atoms with E-state index in [0.717, 1.165) is 34.2 Å². The number of fused-ring (bicyclic) bond motifs is 1. The molecule has 3 nitrogen and oxygen atoms in total. The van der Waals surface area contributed by atoms with E-state index in [1.165, 1.54) is 5.56 Å². The first kappa shape index (κ1) is 13.1. The fraction of sp³-hybridized carbons (Fsp3) is 0.250. The van der Waals surface area contributed by atoms with Gasteiger partial charge >= 0.3 is 0 Å². The normalized spacial score (nSPS) is 16.4. The molecule has 1 aliphatic rings. The average Bonchev–Trinajstić information content (AvgIpc) is 2.92. The van der Waals surface area contributed by atoms with Crippen LogP contribution in [0.3, 0.4) is 0 Å². The number of rotatable bonds is 3. The Morgan fingerprint density at radius 3 is 2.70 bits per heavy atom. The molecule has 3 rings (SSSR count). The Hall–Kier alpha value is -1.87. The Morgan fingerprint density at radius 2 is 2.00 bits per heavy atom. The van der Waals surface area contributed by atoms with E-state index in [1.54, 1.807) is 14.2 Å².